The summed E-state index contributed by atoms with van der Waals surface area (Å²) < 4.78 is 32.9. The molecule has 0 saturated heterocycles. The first-order chi connectivity index (χ1) is 14.4. The molecule has 0 heterocycles. The predicted molar refractivity (Wildman–Crippen MR) is 113 cm³/mol. The minimum Gasteiger partial charge on any atom is -0.488 e. The molecule has 0 aliphatic carbocycles. The van der Waals surface area contributed by atoms with E-state index in [0.717, 1.165) is 4.47 Å². The molecule has 0 fully saturated rings. The highest BCUT2D eigenvalue weighted by molar-refractivity contribution is 9.10. The van der Waals surface area contributed by atoms with E-state index < -0.39 is 11.7 Å². The Labute approximate surface area is 180 Å². The fraction of sp³-hybridized carbons (Fsp3) is 0.0435. The van der Waals surface area contributed by atoms with Gasteiger partial charge in [-0.2, -0.15) is 5.26 Å². The molecule has 0 radical (unpaired) electrons. The van der Waals surface area contributed by atoms with Gasteiger partial charge in [0.25, 0.3) is 5.91 Å². The standard InChI is InChI=1S/C23H15BrF2N2O2/c24-18-4-9-22(30-14-15-2-1-3-20(26)10-15)16(12-18)11-17(13-27)23(29)28-21-7-5-19(25)6-8-21/h1-12H,14H2,(H,28,29)/b17-11+. The fourth-order valence-corrected chi connectivity index (χ4v) is 2.97. The minimum atomic E-state index is -0.639. The Kier molecular flexibility index (Phi) is 6.94. The monoisotopic (exact) mass is 468 g/mol. The lowest BCUT2D eigenvalue weighted by atomic mass is 10.1. The van der Waals surface area contributed by atoms with Gasteiger partial charge in [-0.1, -0.05) is 28.1 Å². The van der Waals surface area contributed by atoms with Crippen LogP contribution in [0, 0.1) is 23.0 Å². The number of rotatable bonds is 6. The Morgan fingerprint density at radius 1 is 1.07 bits per heavy atom. The van der Waals surface area contributed by atoms with E-state index in [1.165, 1.54) is 42.5 Å². The zero-order valence-electron chi connectivity index (χ0n) is 15.5. The number of nitriles is 1. The van der Waals surface area contributed by atoms with Crippen LogP contribution in [0.25, 0.3) is 6.08 Å². The first kappa shape index (κ1) is 21.2. The molecule has 3 rings (SSSR count). The van der Waals surface area contributed by atoms with Crippen molar-refractivity contribution in [2.24, 2.45) is 0 Å². The van der Waals surface area contributed by atoms with E-state index in [2.05, 4.69) is 21.2 Å². The van der Waals surface area contributed by atoms with E-state index in [1.807, 2.05) is 6.07 Å². The third-order valence-corrected chi connectivity index (χ3v) is 4.52. The first-order valence-corrected chi connectivity index (χ1v) is 9.59. The lowest BCUT2D eigenvalue weighted by Gasteiger charge is -2.11. The highest BCUT2D eigenvalue weighted by atomic mass is 79.9. The number of nitrogens with one attached hydrogen (secondary N) is 1. The van der Waals surface area contributed by atoms with Gasteiger partial charge < -0.3 is 10.1 Å². The minimum absolute atomic E-state index is 0.115. The molecule has 0 unspecified atom stereocenters. The summed E-state index contributed by atoms with van der Waals surface area (Å²) in [6, 6.07) is 18.2. The van der Waals surface area contributed by atoms with E-state index >= 15 is 0 Å². The largest absolute Gasteiger partial charge is 0.488 e. The topological polar surface area (TPSA) is 62.1 Å². The zero-order valence-corrected chi connectivity index (χ0v) is 17.1. The number of hydrogen-bond donors (Lipinski definition) is 1. The highest BCUT2D eigenvalue weighted by Crippen LogP contribution is 2.27. The Morgan fingerprint density at radius 3 is 2.53 bits per heavy atom. The molecular weight excluding hydrogens is 454 g/mol. The highest BCUT2D eigenvalue weighted by Gasteiger charge is 2.12. The number of carbonyl (C=O) groups is 1. The third kappa shape index (κ3) is 5.75. The molecule has 3 aromatic rings. The van der Waals surface area contributed by atoms with Gasteiger partial charge in [0.1, 0.15) is 35.6 Å². The molecule has 0 aromatic heterocycles. The number of nitrogens with zero attached hydrogens (tertiary/aromatic N) is 1. The van der Waals surface area contributed by atoms with Gasteiger partial charge in [-0.25, -0.2) is 8.78 Å². The van der Waals surface area contributed by atoms with Crippen LogP contribution in [0.2, 0.25) is 0 Å². The molecule has 0 spiro atoms. The first-order valence-electron chi connectivity index (χ1n) is 8.80. The lowest BCUT2D eigenvalue weighted by Crippen LogP contribution is -2.13. The number of hydrogen-bond acceptors (Lipinski definition) is 3. The molecular formula is C23H15BrF2N2O2. The number of anilines is 1. The summed E-state index contributed by atoms with van der Waals surface area (Å²) in [4.78, 5) is 12.5. The van der Waals surface area contributed by atoms with Crippen LogP contribution in [0.15, 0.2) is 76.8 Å². The van der Waals surface area contributed by atoms with Crippen molar-refractivity contribution in [1.29, 1.82) is 5.26 Å². The van der Waals surface area contributed by atoms with Gasteiger partial charge in [-0.05, 0) is 66.2 Å². The van der Waals surface area contributed by atoms with Crippen LogP contribution in [0.5, 0.6) is 5.75 Å². The van der Waals surface area contributed by atoms with Crippen LogP contribution in [0.1, 0.15) is 11.1 Å². The van der Waals surface area contributed by atoms with E-state index in [-0.39, 0.29) is 18.0 Å². The lowest BCUT2D eigenvalue weighted by molar-refractivity contribution is -0.112. The molecule has 150 valence electrons. The second-order valence-electron chi connectivity index (χ2n) is 6.23. The van der Waals surface area contributed by atoms with Crippen molar-refractivity contribution in [3.05, 3.63) is 99.5 Å². The van der Waals surface area contributed by atoms with Gasteiger partial charge in [0.2, 0.25) is 0 Å². The van der Waals surface area contributed by atoms with Gasteiger partial charge in [0, 0.05) is 15.7 Å². The number of carbonyl (C=O) groups excluding carboxylic acids is 1. The quantitative estimate of drug-likeness (QED) is 0.364. The van der Waals surface area contributed by atoms with E-state index in [1.54, 1.807) is 30.3 Å². The van der Waals surface area contributed by atoms with Crippen molar-refractivity contribution in [3.63, 3.8) is 0 Å². The molecule has 0 saturated carbocycles. The maximum atomic E-state index is 13.4. The molecule has 3 aromatic carbocycles. The molecule has 0 atom stereocenters. The SMILES string of the molecule is N#C/C(=C\c1cc(Br)ccc1OCc1cccc(F)c1)C(=O)Nc1ccc(F)cc1. The van der Waals surface area contributed by atoms with E-state index in [9.17, 15) is 18.8 Å². The summed E-state index contributed by atoms with van der Waals surface area (Å²) in [5, 5.41) is 12.0. The Hall–Kier alpha value is -3.50. The molecule has 1 N–H and O–H groups in total. The van der Waals surface area contributed by atoms with Crippen LogP contribution in [-0.4, -0.2) is 5.91 Å². The summed E-state index contributed by atoms with van der Waals surface area (Å²) in [6.45, 7) is 0.115. The van der Waals surface area contributed by atoms with E-state index in [0.29, 0.717) is 22.6 Å². The average Bonchev–Trinajstić information content (AvgIpc) is 2.73. The predicted octanol–water partition coefficient (Wildman–Crippen LogP) is 5.85. The molecule has 0 bridgehead atoms. The third-order valence-electron chi connectivity index (χ3n) is 4.02. The Morgan fingerprint density at radius 2 is 1.83 bits per heavy atom. The fourth-order valence-electron chi connectivity index (χ4n) is 2.59. The van der Waals surface area contributed by atoms with Gasteiger partial charge in [0.15, 0.2) is 0 Å². The summed E-state index contributed by atoms with van der Waals surface area (Å²) in [6.07, 6.45) is 1.39. The molecule has 1 amide bonds. The molecule has 7 heteroatoms. The number of amides is 1. The molecule has 30 heavy (non-hydrogen) atoms. The van der Waals surface area contributed by atoms with Crippen molar-refractivity contribution < 1.29 is 18.3 Å². The summed E-state index contributed by atoms with van der Waals surface area (Å²) in [5.41, 5.74) is 1.33. The average molecular weight is 469 g/mol. The van der Waals surface area contributed by atoms with Crippen molar-refractivity contribution in [2.75, 3.05) is 5.32 Å². The maximum Gasteiger partial charge on any atom is 0.266 e. The summed E-state index contributed by atoms with van der Waals surface area (Å²) in [7, 11) is 0. The van der Waals surface area contributed by atoms with Gasteiger partial charge >= 0.3 is 0 Å². The number of benzene rings is 3. The Bertz CT molecular complexity index is 1140. The zero-order chi connectivity index (χ0) is 21.5. The summed E-state index contributed by atoms with van der Waals surface area (Å²) in [5.74, 6) is -1.01. The van der Waals surface area contributed by atoms with Crippen molar-refractivity contribution in [2.45, 2.75) is 6.61 Å². The van der Waals surface area contributed by atoms with Crippen molar-refractivity contribution >= 4 is 33.6 Å². The van der Waals surface area contributed by atoms with Crippen LogP contribution in [-0.2, 0) is 11.4 Å². The van der Waals surface area contributed by atoms with Crippen LogP contribution >= 0.6 is 15.9 Å². The van der Waals surface area contributed by atoms with E-state index in [4.69, 9.17) is 4.74 Å². The second kappa shape index (κ2) is 9.81. The normalized spacial score (nSPS) is 10.9. The number of halogens is 3. The van der Waals surface area contributed by atoms with Gasteiger partial charge in [0.05, 0.1) is 0 Å². The molecule has 0 aliphatic heterocycles. The van der Waals surface area contributed by atoms with Gasteiger partial charge in [-0.15, -0.1) is 0 Å². The summed E-state index contributed by atoms with van der Waals surface area (Å²) >= 11 is 3.36. The Balaban J connectivity index is 1.82. The second-order valence-corrected chi connectivity index (χ2v) is 7.15. The van der Waals surface area contributed by atoms with Gasteiger partial charge in [-0.3, -0.25) is 4.79 Å². The van der Waals surface area contributed by atoms with Crippen LogP contribution in [0.4, 0.5) is 14.5 Å². The van der Waals surface area contributed by atoms with Crippen molar-refractivity contribution in [1.82, 2.24) is 0 Å². The maximum absolute atomic E-state index is 13.4. The molecule has 4 nitrogen and oxygen atoms in total. The van der Waals surface area contributed by atoms with Crippen LogP contribution in [0.3, 0.4) is 0 Å². The smallest absolute Gasteiger partial charge is 0.266 e. The van der Waals surface area contributed by atoms with Crippen LogP contribution < -0.4 is 10.1 Å². The van der Waals surface area contributed by atoms with Crippen molar-refractivity contribution in [3.8, 4) is 11.8 Å². The number of ether oxygens (including phenoxy) is 1. The molecule has 0 aliphatic rings.